The Labute approximate surface area is 97.3 Å². The second kappa shape index (κ2) is 4.69. The fourth-order valence-electron chi connectivity index (χ4n) is 2.45. The van der Waals surface area contributed by atoms with Crippen molar-refractivity contribution >= 4 is 11.6 Å². The Bertz CT molecular complexity index is 398. The van der Waals surface area contributed by atoms with Crippen LogP contribution in [-0.4, -0.2) is 12.5 Å². The summed E-state index contributed by atoms with van der Waals surface area (Å²) in [7, 11) is 0. The van der Waals surface area contributed by atoms with E-state index in [-0.39, 0.29) is 5.91 Å². The van der Waals surface area contributed by atoms with Gasteiger partial charge in [-0.25, -0.2) is 0 Å². The van der Waals surface area contributed by atoms with Crippen molar-refractivity contribution in [2.24, 2.45) is 0 Å². The molecule has 0 unspecified atom stereocenters. The molecule has 0 spiro atoms. The van der Waals surface area contributed by atoms with Crippen LogP contribution in [0.25, 0.3) is 0 Å². The summed E-state index contributed by atoms with van der Waals surface area (Å²) in [6.07, 6.45) is 3.78. The van der Waals surface area contributed by atoms with E-state index in [0.717, 1.165) is 25.8 Å². The summed E-state index contributed by atoms with van der Waals surface area (Å²) < 4.78 is 0. The lowest BCUT2D eigenvalue weighted by atomic mass is 9.98. The third-order valence-corrected chi connectivity index (χ3v) is 3.18. The highest BCUT2D eigenvalue weighted by molar-refractivity contribution is 5.95. The van der Waals surface area contributed by atoms with Crippen molar-refractivity contribution in [2.45, 2.75) is 39.5 Å². The van der Waals surface area contributed by atoms with E-state index in [0.29, 0.717) is 6.42 Å². The van der Waals surface area contributed by atoms with Gasteiger partial charge in [0, 0.05) is 18.7 Å². The quantitative estimate of drug-likeness (QED) is 0.745. The van der Waals surface area contributed by atoms with Crippen molar-refractivity contribution in [3.05, 3.63) is 29.3 Å². The molecule has 2 nitrogen and oxygen atoms in total. The fraction of sp³-hybridized carbons (Fsp3) is 0.500. The SMILES string of the molecule is CCCC(=O)N1CCCc2cccc(C)c21. The number of carbonyl (C=O) groups excluding carboxylic acids is 1. The molecule has 0 atom stereocenters. The largest absolute Gasteiger partial charge is 0.312 e. The Hall–Kier alpha value is -1.31. The molecular formula is C14H19NO. The zero-order chi connectivity index (χ0) is 11.5. The number of benzene rings is 1. The molecule has 0 aliphatic carbocycles. The van der Waals surface area contributed by atoms with Gasteiger partial charge in [-0.2, -0.15) is 0 Å². The fourth-order valence-corrected chi connectivity index (χ4v) is 2.45. The van der Waals surface area contributed by atoms with Crippen molar-refractivity contribution in [1.82, 2.24) is 0 Å². The summed E-state index contributed by atoms with van der Waals surface area (Å²) in [4.78, 5) is 14.0. The molecule has 16 heavy (non-hydrogen) atoms. The van der Waals surface area contributed by atoms with Crippen molar-refractivity contribution in [2.75, 3.05) is 11.4 Å². The van der Waals surface area contributed by atoms with E-state index in [1.54, 1.807) is 0 Å². The molecule has 0 fully saturated rings. The first-order valence-corrected chi connectivity index (χ1v) is 6.13. The standard InChI is InChI=1S/C14H19NO/c1-3-6-13(16)15-10-5-9-12-8-4-7-11(2)14(12)15/h4,7-8H,3,5-6,9-10H2,1-2H3. The zero-order valence-corrected chi connectivity index (χ0v) is 10.1. The van der Waals surface area contributed by atoms with Gasteiger partial charge < -0.3 is 4.90 Å². The molecule has 0 bridgehead atoms. The maximum absolute atomic E-state index is 12.0. The van der Waals surface area contributed by atoms with Gasteiger partial charge in [0.15, 0.2) is 0 Å². The molecule has 1 aromatic rings. The topological polar surface area (TPSA) is 20.3 Å². The Balaban J connectivity index is 2.35. The summed E-state index contributed by atoms with van der Waals surface area (Å²) in [5.41, 5.74) is 3.73. The minimum atomic E-state index is 0.276. The number of rotatable bonds is 2. The summed E-state index contributed by atoms with van der Waals surface area (Å²) in [6.45, 7) is 5.04. The van der Waals surface area contributed by atoms with Crippen LogP contribution in [0.3, 0.4) is 0 Å². The average Bonchev–Trinajstić information content (AvgIpc) is 2.29. The third kappa shape index (κ3) is 1.97. The first kappa shape index (κ1) is 11.2. The lowest BCUT2D eigenvalue weighted by Crippen LogP contribution is -2.35. The van der Waals surface area contributed by atoms with E-state index >= 15 is 0 Å². The van der Waals surface area contributed by atoms with Crippen molar-refractivity contribution < 1.29 is 4.79 Å². The first-order valence-electron chi connectivity index (χ1n) is 6.13. The van der Waals surface area contributed by atoms with Crippen molar-refractivity contribution in [1.29, 1.82) is 0 Å². The number of para-hydroxylation sites is 1. The number of amides is 1. The lowest BCUT2D eigenvalue weighted by molar-refractivity contribution is -0.118. The van der Waals surface area contributed by atoms with Crippen LogP contribution >= 0.6 is 0 Å². The number of carbonyl (C=O) groups is 1. The van der Waals surface area contributed by atoms with Gasteiger partial charge in [-0.15, -0.1) is 0 Å². The summed E-state index contributed by atoms with van der Waals surface area (Å²) in [6, 6.07) is 6.33. The molecular weight excluding hydrogens is 198 g/mol. The van der Waals surface area contributed by atoms with E-state index in [1.165, 1.54) is 16.8 Å². The zero-order valence-electron chi connectivity index (χ0n) is 10.1. The Kier molecular flexibility index (Phi) is 3.28. The van der Waals surface area contributed by atoms with Gasteiger partial charge >= 0.3 is 0 Å². The maximum Gasteiger partial charge on any atom is 0.226 e. The first-order chi connectivity index (χ1) is 7.74. The van der Waals surface area contributed by atoms with Gasteiger partial charge in [-0.3, -0.25) is 4.79 Å². The smallest absolute Gasteiger partial charge is 0.226 e. The minimum absolute atomic E-state index is 0.276. The third-order valence-electron chi connectivity index (χ3n) is 3.18. The van der Waals surface area contributed by atoms with Gasteiger partial charge in [-0.05, 0) is 37.3 Å². The molecule has 86 valence electrons. The molecule has 1 aliphatic rings. The van der Waals surface area contributed by atoms with Crippen molar-refractivity contribution in [3.63, 3.8) is 0 Å². The molecule has 1 aliphatic heterocycles. The second-order valence-corrected chi connectivity index (χ2v) is 4.48. The van der Waals surface area contributed by atoms with E-state index in [4.69, 9.17) is 0 Å². The molecule has 2 rings (SSSR count). The predicted octanol–water partition coefficient (Wildman–Crippen LogP) is 3.07. The van der Waals surface area contributed by atoms with Crippen LogP contribution in [0.4, 0.5) is 5.69 Å². The van der Waals surface area contributed by atoms with Crippen molar-refractivity contribution in [3.8, 4) is 0 Å². The van der Waals surface area contributed by atoms with Gasteiger partial charge in [0.05, 0.1) is 0 Å². The number of hydrogen-bond donors (Lipinski definition) is 0. The normalized spacial score (nSPS) is 14.8. The molecule has 1 heterocycles. The Morgan fingerprint density at radius 1 is 1.44 bits per heavy atom. The van der Waals surface area contributed by atoms with E-state index < -0.39 is 0 Å². The number of fused-ring (bicyclic) bond motifs is 1. The number of aryl methyl sites for hydroxylation is 2. The average molecular weight is 217 g/mol. The van der Waals surface area contributed by atoms with Crippen LogP contribution in [0.1, 0.15) is 37.3 Å². The van der Waals surface area contributed by atoms with Crippen LogP contribution in [0.15, 0.2) is 18.2 Å². The van der Waals surface area contributed by atoms with Crippen LogP contribution < -0.4 is 4.90 Å². The van der Waals surface area contributed by atoms with Crippen LogP contribution in [0.2, 0.25) is 0 Å². The van der Waals surface area contributed by atoms with E-state index in [2.05, 4.69) is 32.0 Å². The molecule has 0 saturated carbocycles. The molecule has 0 radical (unpaired) electrons. The minimum Gasteiger partial charge on any atom is -0.312 e. The monoisotopic (exact) mass is 217 g/mol. The molecule has 1 amide bonds. The molecule has 1 aromatic carbocycles. The van der Waals surface area contributed by atoms with Crippen LogP contribution in [0.5, 0.6) is 0 Å². The van der Waals surface area contributed by atoms with Gasteiger partial charge in [-0.1, -0.05) is 25.1 Å². The Morgan fingerprint density at radius 2 is 2.25 bits per heavy atom. The summed E-state index contributed by atoms with van der Waals surface area (Å²) in [5.74, 6) is 0.276. The number of hydrogen-bond acceptors (Lipinski definition) is 1. The molecule has 2 heteroatoms. The highest BCUT2D eigenvalue weighted by Gasteiger charge is 2.22. The molecule has 0 aromatic heterocycles. The maximum atomic E-state index is 12.0. The summed E-state index contributed by atoms with van der Waals surface area (Å²) >= 11 is 0. The van der Waals surface area contributed by atoms with Crippen LogP contribution in [0, 0.1) is 6.92 Å². The van der Waals surface area contributed by atoms with Crippen LogP contribution in [-0.2, 0) is 11.2 Å². The van der Waals surface area contributed by atoms with E-state index in [1.807, 2.05) is 4.90 Å². The second-order valence-electron chi connectivity index (χ2n) is 4.48. The van der Waals surface area contributed by atoms with Gasteiger partial charge in [0.2, 0.25) is 5.91 Å². The van der Waals surface area contributed by atoms with E-state index in [9.17, 15) is 4.79 Å². The molecule has 0 N–H and O–H groups in total. The lowest BCUT2D eigenvalue weighted by Gasteiger charge is -2.31. The highest BCUT2D eigenvalue weighted by Crippen LogP contribution is 2.30. The Morgan fingerprint density at radius 3 is 3.00 bits per heavy atom. The predicted molar refractivity (Wildman–Crippen MR) is 66.8 cm³/mol. The van der Waals surface area contributed by atoms with Gasteiger partial charge in [0.25, 0.3) is 0 Å². The summed E-state index contributed by atoms with van der Waals surface area (Å²) in [5, 5.41) is 0. The number of nitrogens with zero attached hydrogens (tertiary/aromatic N) is 1. The highest BCUT2D eigenvalue weighted by atomic mass is 16.2. The molecule has 0 saturated heterocycles. The van der Waals surface area contributed by atoms with Gasteiger partial charge in [0.1, 0.15) is 0 Å². The number of anilines is 1.